The first-order valence-electron chi connectivity index (χ1n) is 6.52. The van der Waals surface area contributed by atoms with Gasteiger partial charge in [0.15, 0.2) is 0 Å². The predicted octanol–water partition coefficient (Wildman–Crippen LogP) is 2.95. The summed E-state index contributed by atoms with van der Waals surface area (Å²) >= 11 is 1.19. The number of aromatic nitrogens is 3. The highest BCUT2D eigenvalue weighted by Crippen LogP contribution is 2.32. The van der Waals surface area contributed by atoms with E-state index in [1.165, 1.54) is 17.5 Å². The van der Waals surface area contributed by atoms with Crippen molar-refractivity contribution < 1.29 is 8.42 Å². The van der Waals surface area contributed by atoms with E-state index >= 15 is 0 Å². The molecule has 3 aromatic rings. The van der Waals surface area contributed by atoms with Gasteiger partial charge in [0.25, 0.3) is 10.0 Å². The van der Waals surface area contributed by atoms with Crippen LogP contribution in [-0.2, 0) is 10.0 Å². The molecule has 0 amide bonds. The van der Waals surface area contributed by atoms with Gasteiger partial charge in [-0.2, -0.15) is 5.10 Å². The van der Waals surface area contributed by atoms with E-state index in [-0.39, 0.29) is 4.21 Å². The monoisotopic (exact) mass is 334 g/mol. The number of rotatable bonds is 4. The molecule has 3 heterocycles. The van der Waals surface area contributed by atoms with Gasteiger partial charge in [0, 0.05) is 11.9 Å². The quantitative estimate of drug-likeness (QED) is 0.768. The molecule has 0 aliphatic heterocycles. The fraction of sp³-hybridized carbons (Fsp3) is 0.143. The number of aryl methyl sites for hydroxylation is 1. The fourth-order valence-corrected chi connectivity index (χ4v) is 4.34. The Morgan fingerprint density at radius 3 is 2.68 bits per heavy atom. The van der Waals surface area contributed by atoms with Crippen LogP contribution >= 0.6 is 11.3 Å². The van der Waals surface area contributed by atoms with Crippen LogP contribution in [0.3, 0.4) is 0 Å². The second-order valence-corrected chi connectivity index (χ2v) is 7.78. The Bertz CT molecular complexity index is 898. The number of nitrogens with one attached hydrogen (secondary N) is 2. The molecule has 0 fully saturated rings. The average molecular weight is 334 g/mol. The number of thiophene rings is 1. The van der Waals surface area contributed by atoms with Crippen molar-refractivity contribution in [3.8, 4) is 10.6 Å². The summed E-state index contributed by atoms with van der Waals surface area (Å²) in [7, 11) is -3.62. The Hall–Kier alpha value is -2.19. The molecule has 0 bridgehead atoms. The number of nitrogens with zero attached hydrogens (tertiary/aromatic N) is 2. The maximum atomic E-state index is 12.4. The zero-order valence-corrected chi connectivity index (χ0v) is 13.6. The standard InChI is InChI=1S/C14H14N4O2S2/c1-9-10(2)16-17-14(9)12-5-6-13(21-12)22(19,20)18-11-4-3-7-15-8-11/h3-8,18H,1-2H3,(H,16,17). The maximum Gasteiger partial charge on any atom is 0.271 e. The molecule has 0 aliphatic carbocycles. The lowest BCUT2D eigenvalue weighted by Gasteiger charge is -2.04. The first-order chi connectivity index (χ1) is 10.5. The first kappa shape index (κ1) is 14.7. The summed E-state index contributed by atoms with van der Waals surface area (Å²) in [6.45, 7) is 3.89. The molecule has 8 heteroatoms. The topological polar surface area (TPSA) is 87.7 Å². The van der Waals surface area contributed by atoms with Crippen LogP contribution in [0, 0.1) is 13.8 Å². The van der Waals surface area contributed by atoms with Gasteiger partial charge in [0.2, 0.25) is 0 Å². The highest BCUT2D eigenvalue weighted by molar-refractivity contribution is 7.94. The van der Waals surface area contributed by atoms with E-state index in [1.54, 1.807) is 30.5 Å². The first-order valence-corrected chi connectivity index (χ1v) is 8.82. The number of H-pyrrole nitrogens is 1. The number of hydrogen-bond acceptors (Lipinski definition) is 5. The average Bonchev–Trinajstić information content (AvgIpc) is 3.09. The summed E-state index contributed by atoms with van der Waals surface area (Å²) in [4.78, 5) is 4.71. The van der Waals surface area contributed by atoms with E-state index in [0.717, 1.165) is 21.8 Å². The Labute approximate surface area is 132 Å². The molecular formula is C14H14N4O2S2. The highest BCUT2D eigenvalue weighted by Gasteiger charge is 2.19. The van der Waals surface area contributed by atoms with E-state index in [0.29, 0.717) is 5.69 Å². The Balaban J connectivity index is 1.91. The molecule has 0 aliphatic rings. The van der Waals surface area contributed by atoms with Gasteiger partial charge < -0.3 is 0 Å². The van der Waals surface area contributed by atoms with Crippen molar-refractivity contribution in [2.45, 2.75) is 18.1 Å². The Morgan fingerprint density at radius 2 is 2.05 bits per heavy atom. The molecule has 2 N–H and O–H groups in total. The van der Waals surface area contributed by atoms with Crippen LogP contribution < -0.4 is 4.72 Å². The number of hydrogen-bond donors (Lipinski definition) is 2. The van der Waals surface area contributed by atoms with Gasteiger partial charge in [-0.3, -0.25) is 14.8 Å². The third kappa shape index (κ3) is 2.75. The summed E-state index contributed by atoms with van der Waals surface area (Å²) in [6, 6.07) is 6.68. The number of pyridine rings is 1. The minimum atomic E-state index is -3.62. The van der Waals surface area contributed by atoms with E-state index < -0.39 is 10.0 Å². The lowest BCUT2D eigenvalue weighted by Crippen LogP contribution is -2.11. The third-order valence-electron chi connectivity index (χ3n) is 3.25. The second-order valence-electron chi connectivity index (χ2n) is 4.79. The van der Waals surface area contributed by atoms with Gasteiger partial charge in [-0.15, -0.1) is 11.3 Å². The van der Waals surface area contributed by atoms with Crippen LogP contribution in [-0.4, -0.2) is 23.6 Å². The van der Waals surface area contributed by atoms with Gasteiger partial charge in [0.05, 0.1) is 16.8 Å². The van der Waals surface area contributed by atoms with Crippen molar-refractivity contribution in [2.75, 3.05) is 4.72 Å². The molecule has 3 aromatic heterocycles. The van der Waals surface area contributed by atoms with Crippen LogP contribution in [0.2, 0.25) is 0 Å². The van der Waals surface area contributed by atoms with Gasteiger partial charge in [-0.05, 0) is 43.7 Å². The van der Waals surface area contributed by atoms with Gasteiger partial charge in [-0.1, -0.05) is 0 Å². The third-order valence-corrected chi connectivity index (χ3v) is 6.21. The number of anilines is 1. The molecule has 0 aromatic carbocycles. The smallest absolute Gasteiger partial charge is 0.271 e. The minimum Gasteiger partial charge on any atom is -0.282 e. The zero-order valence-electron chi connectivity index (χ0n) is 12.0. The highest BCUT2D eigenvalue weighted by atomic mass is 32.2. The van der Waals surface area contributed by atoms with E-state index in [1.807, 2.05) is 13.8 Å². The molecule has 0 atom stereocenters. The molecule has 3 rings (SSSR count). The number of aromatic amines is 1. The molecule has 6 nitrogen and oxygen atoms in total. The lowest BCUT2D eigenvalue weighted by molar-refractivity contribution is 0.603. The molecule has 0 radical (unpaired) electrons. The van der Waals surface area contributed by atoms with Crippen molar-refractivity contribution in [1.82, 2.24) is 15.2 Å². The van der Waals surface area contributed by atoms with E-state index in [9.17, 15) is 8.42 Å². The van der Waals surface area contributed by atoms with Crippen molar-refractivity contribution in [1.29, 1.82) is 0 Å². The Morgan fingerprint density at radius 1 is 1.23 bits per heavy atom. The van der Waals surface area contributed by atoms with Crippen LogP contribution in [0.1, 0.15) is 11.3 Å². The van der Waals surface area contributed by atoms with Crippen LogP contribution in [0.25, 0.3) is 10.6 Å². The number of sulfonamides is 1. The molecule has 0 saturated carbocycles. The van der Waals surface area contributed by atoms with Crippen LogP contribution in [0.5, 0.6) is 0 Å². The normalized spacial score (nSPS) is 11.5. The van der Waals surface area contributed by atoms with E-state index in [2.05, 4.69) is 19.9 Å². The SMILES string of the molecule is Cc1[nH]nc(-c2ccc(S(=O)(=O)Nc3cccnc3)s2)c1C. The van der Waals surface area contributed by atoms with Crippen molar-refractivity contribution >= 4 is 27.0 Å². The van der Waals surface area contributed by atoms with Gasteiger partial charge >= 0.3 is 0 Å². The summed E-state index contributed by atoms with van der Waals surface area (Å²) < 4.78 is 27.5. The fourth-order valence-electron chi connectivity index (χ4n) is 1.95. The Kier molecular flexibility index (Phi) is 3.71. The predicted molar refractivity (Wildman–Crippen MR) is 86.4 cm³/mol. The summed E-state index contributed by atoms with van der Waals surface area (Å²) in [5, 5.41) is 7.13. The summed E-state index contributed by atoms with van der Waals surface area (Å²) in [5.41, 5.74) is 3.21. The van der Waals surface area contributed by atoms with Gasteiger partial charge in [0.1, 0.15) is 9.90 Å². The molecule has 114 valence electrons. The van der Waals surface area contributed by atoms with E-state index in [4.69, 9.17) is 0 Å². The summed E-state index contributed by atoms with van der Waals surface area (Å²) in [5.74, 6) is 0. The molecule has 0 saturated heterocycles. The molecule has 0 spiro atoms. The zero-order chi connectivity index (χ0) is 15.7. The van der Waals surface area contributed by atoms with Crippen molar-refractivity contribution in [3.63, 3.8) is 0 Å². The second kappa shape index (κ2) is 5.54. The van der Waals surface area contributed by atoms with Crippen LogP contribution in [0.4, 0.5) is 5.69 Å². The minimum absolute atomic E-state index is 0.242. The lowest BCUT2D eigenvalue weighted by atomic mass is 10.2. The molecular weight excluding hydrogens is 320 g/mol. The molecule has 0 unspecified atom stereocenters. The van der Waals surface area contributed by atoms with Crippen LogP contribution in [0.15, 0.2) is 40.9 Å². The maximum absolute atomic E-state index is 12.4. The summed E-state index contributed by atoms with van der Waals surface area (Å²) in [6.07, 6.45) is 3.05. The van der Waals surface area contributed by atoms with Crippen molar-refractivity contribution in [3.05, 3.63) is 47.9 Å². The molecule has 22 heavy (non-hydrogen) atoms. The largest absolute Gasteiger partial charge is 0.282 e. The van der Waals surface area contributed by atoms with Gasteiger partial charge in [-0.25, -0.2) is 8.42 Å². The van der Waals surface area contributed by atoms with Crippen molar-refractivity contribution in [2.24, 2.45) is 0 Å².